The van der Waals surface area contributed by atoms with Crippen molar-refractivity contribution in [3.8, 4) is 17.2 Å². The molecule has 0 aliphatic heterocycles. The lowest BCUT2D eigenvalue weighted by atomic mass is 10.2. The SMILES string of the molecule is COc1ccc(NS(=O)(=O)c2ccc(Oc3cccc(C(=O)[O-])c3)cc2)cc1. The molecule has 0 amide bonds. The molecule has 0 aromatic heterocycles. The summed E-state index contributed by atoms with van der Waals surface area (Å²) in [4.78, 5) is 11.0. The van der Waals surface area contributed by atoms with Gasteiger partial charge in [-0.3, -0.25) is 4.72 Å². The molecule has 7 nitrogen and oxygen atoms in total. The molecule has 3 rings (SSSR count). The molecule has 0 bridgehead atoms. The van der Waals surface area contributed by atoms with Gasteiger partial charge in [0.15, 0.2) is 0 Å². The number of carboxylic acids is 1. The van der Waals surface area contributed by atoms with Crippen molar-refractivity contribution >= 4 is 21.7 Å². The smallest absolute Gasteiger partial charge is 0.261 e. The highest BCUT2D eigenvalue weighted by Gasteiger charge is 2.14. The molecule has 0 unspecified atom stereocenters. The average molecular weight is 398 g/mol. The molecule has 8 heteroatoms. The Morgan fingerprint density at radius 2 is 1.54 bits per heavy atom. The van der Waals surface area contributed by atoms with E-state index in [1.54, 1.807) is 30.3 Å². The zero-order chi connectivity index (χ0) is 20.1. The number of hydrogen-bond donors (Lipinski definition) is 1. The highest BCUT2D eigenvalue weighted by atomic mass is 32.2. The molecule has 0 aliphatic rings. The van der Waals surface area contributed by atoms with Crippen LogP contribution in [-0.4, -0.2) is 21.5 Å². The molecule has 3 aromatic carbocycles. The Morgan fingerprint density at radius 3 is 2.14 bits per heavy atom. The topological polar surface area (TPSA) is 105 Å². The van der Waals surface area contributed by atoms with Gasteiger partial charge in [0.1, 0.15) is 17.2 Å². The summed E-state index contributed by atoms with van der Waals surface area (Å²) >= 11 is 0. The second-order valence-corrected chi connectivity index (χ2v) is 7.41. The van der Waals surface area contributed by atoms with Crippen molar-refractivity contribution in [2.45, 2.75) is 4.90 Å². The molecule has 0 heterocycles. The van der Waals surface area contributed by atoms with Crippen molar-refractivity contribution in [2.24, 2.45) is 0 Å². The predicted octanol–water partition coefficient (Wildman–Crippen LogP) is 2.65. The van der Waals surface area contributed by atoms with Crippen LogP contribution in [0.3, 0.4) is 0 Å². The number of carboxylic acid groups (broad SMARTS) is 1. The van der Waals surface area contributed by atoms with Crippen LogP contribution in [-0.2, 0) is 10.0 Å². The standard InChI is InChI=1S/C20H17NO6S/c1-26-16-7-5-15(6-8-16)21-28(24,25)19-11-9-17(10-12-19)27-18-4-2-3-14(13-18)20(22)23/h2-13,21H,1H3,(H,22,23)/p-1. The summed E-state index contributed by atoms with van der Waals surface area (Å²) in [5.41, 5.74) is 0.389. The van der Waals surface area contributed by atoms with Gasteiger partial charge in [-0.1, -0.05) is 12.1 Å². The number of rotatable bonds is 7. The second-order valence-electron chi connectivity index (χ2n) is 5.72. The number of benzene rings is 3. The number of methoxy groups -OCH3 is 1. The molecular weight excluding hydrogens is 382 g/mol. The number of anilines is 1. The Bertz CT molecular complexity index is 1080. The van der Waals surface area contributed by atoms with Crippen LogP contribution in [0.25, 0.3) is 0 Å². The largest absolute Gasteiger partial charge is 0.545 e. The minimum Gasteiger partial charge on any atom is -0.545 e. The maximum absolute atomic E-state index is 12.5. The summed E-state index contributed by atoms with van der Waals surface area (Å²) in [6.07, 6.45) is 0. The van der Waals surface area contributed by atoms with Crippen molar-refractivity contribution in [2.75, 3.05) is 11.8 Å². The molecule has 0 atom stereocenters. The number of sulfonamides is 1. The maximum atomic E-state index is 12.5. The maximum Gasteiger partial charge on any atom is 0.261 e. The summed E-state index contributed by atoms with van der Waals surface area (Å²) in [5.74, 6) is -0.0312. The number of nitrogens with one attached hydrogen (secondary N) is 1. The average Bonchev–Trinajstić information content (AvgIpc) is 2.69. The first-order valence-electron chi connectivity index (χ1n) is 8.13. The van der Waals surface area contributed by atoms with Gasteiger partial charge in [-0.2, -0.15) is 0 Å². The molecule has 3 aromatic rings. The first-order chi connectivity index (χ1) is 13.4. The fourth-order valence-electron chi connectivity index (χ4n) is 2.38. The quantitative estimate of drug-likeness (QED) is 0.656. The Kier molecular flexibility index (Phi) is 5.51. The third kappa shape index (κ3) is 4.60. The fourth-order valence-corrected chi connectivity index (χ4v) is 3.44. The van der Waals surface area contributed by atoms with Crippen molar-refractivity contribution in [3.63, 3.8) is 0 Å². The van der Waals surface area contributed by atoms with E-state index in [4.69, 9.17) is 9.47 Å². The summed E-state index contributed by atoms with van der Waals surface area (Å²) < 4.78 is 38.1. The van der Waals surface area contributed by atoms with E-state index in [0.717, 1.165) is 0 Å². The summed E-state index contributed by atoms with van der Waals surface area (Å²) in [6.45, 7) is 0. The van der Waals surface area contributed by atoms with E-state index in [-0.39, 0.29) is 10.5 Å². The van der Waals surface area contributed by atoms with Crippen LogP contribution in [0, 0.1) is 0 Å². The fraction of sp³-hybridized carbons (Fsp3) is 0.0500. The van der Waals surface area contributed by atoms with Crippen molar-refractivity contribution in [3.05, 3.63) is 78.4 Å². The van der Waals surface area contributed by atoms with Crippen LogP contribution in [0.5, 0.6) is 17.2 Å². The van der Waals surface area contributed by atoms with E-state index < -0.39 is 16.0 Å². The van der Waals surface area contributed by atoms with Gasteiger partial charge in [0.25, 0.3) is 10.0 Å². The molecule has 1 N–H and O–H groups in total. The predicted molar refractivity (Wildman–Crippen MR) is 101 cm³/mol. The molecule has 0 aliphatic carbocycles. The molecule has 144 valence electrons. The number of ether oxygens (including phenoxy) is 2. The van der Waals surface area contributed by atoms with Crippen LogP contribution >= 0.6 is 0 Å². The normalized spacial score (nSPS) is 10.9. The zero-order valence-corrected chi connectivity index (χ0v) is 15.6. The van der Waals surface area contributed by atoms with Crippen LogP contribution in [0.4, 0.5) is 5.69 Å². The molecule has 0 saturated carbocycles. The molecule has 0 radical (unpaired) electrons. The zero-order valence-electron chi connectivity index (χ0n) is 14.8. The van der Waals surface area contributed by atoms with Gasteiger partial charge < -0.3 is 19.4 Å². The van der Waals surface area contributed by atoms with E-state index in [1.807, 2.05) is 0 Å². The number of carbonyl (C=O) groups excluding carboxylic acids is 1. The van der Waals surface area contributed by atoms with E-state index in [9.17, 15) is 18.3 Å². The summed E-state index contributed by atoms with van der Waals surface area (Å²) in [7, 11) is -2.25. The highest BCUT2D eigenvalue weighted by Crippen LogP contribution is 2.25. The minimum absolute atomic E-state index is 0.0135. The third-order valence-electron chi connectivity index (χ3n) is 3.78. The van der Waals surface area contributed by atoms with Crippen LogP contribution < -0.4 is 19.3 Å². The van der Waals surface area contributed by atoms with E-state index in [0.29, 0.717) is 22.9 Å². The van der Waals surface area contributed by atoms with Crippen LogP contribution in [0.2, 0.25) is 0 Å². The number of carbonyl (C=O) groups is 1. The molecule has 0 saturated heterocycles. The van der Waals surface area contributed by atoms with Crippen molar-refractivity contribution in [1.29, 1.82) is 0 Å². The van der Waals surface area contributed by atoms with Crippen LogP contribution in [0.15, 0.2) is 77.7 Å². The van der Waals surface area contributed by atoms with Gasteiger partial charge in [0.2, 0.25) is 0 Å². The van der Waals surface area contributed by atoms with Gasteiger partial charge in [-0.05, 0) is 60.7 Å². The van der Waals surface area contributed by atoms with Gasteiger partial charge >= 0.3 is 0 Å². The number of aromatic carboxylic acids is 1. The minimum atomic E-state index is -3.77. The van der Waals surface area contributed by atoms with Gasteiger partial charge in [0, 0.05) is 11.3 Å². The van der Waals surface area contributed by atoms with E-state index in [1.165, 1.54) is 49.6 Å². The Balaban J connectivity index is 1.73. The van der Waals surface area contributed by atoms with E-state index in [2.05, 4.69) is 4.72 Å². The first kappa shape index (κ1) is 19.2. The summed E-state index contributed by atoms with van der Waals surface area (Å²) in [5, 5.41) is 10.9. The lowest BCUT2D eigenvalue weighted by Gasteiger charge is -2.11. The van der Waals surface area contributed by atoms with Crippen LogP contribution in [0.1, 0.15) is 10.4 Å². The van der Waals surface area contributed by atoms with Gasteiger partial charge in [0.05, 0.1) is 18.0 Å². The monoisotopic (exact) mass is 398 g/mol. The lowest BCUT2D eigenvalue weighted by Crippen LogP contribution is -2.21. The summed E-state index contributed by atoms with van der Waals surface area (Å²) in [6, 6.07) is 18.1. The molecule has 0 fully saturated rings. The van der Waals surface area contributed by atoms with Gasteiger partial charge in [-0.25, -0.2) is 8.42 Å². The highest BCUT2D eigenvalue weighted by molar-refractivity contribution is 7.92. The Hall–Kier alpha value is -3.52. The lowest BCUT2D eigenvalue weighted by molar-refractivity contribution is -0.255. The van der Waals surface area contributed by atoms with Gasteiger partial charge in [-0.15, -0.1) is 0 Å². The molecule has 0 spiro atoms. The number of hydrogen-bond acceptors (Lipinski definition) is 6. The Morgan fingerprint density at radius 1 is 0.893 bits per heavy atom. The van der Waals surface area contributed by atoms with Crippen molar-refractivity contribution in [1.82, 2.24) is 0 Å². The third-order valence-corrected chi connectivity index (χ3v) is 5.18. The van der Waals surface area contributed by atoms with E-state index >= 15 is 0 Å². The van der Waals surface area contributed by atoms with Crippen molar-refractivity contribution < 1.29 is 27.8 Å². The molecule has 28 heavy (non-hydrogen) atoms. The Labute approximate surface area is 162 Å². The molecular formula is C20H16NO6S-. The second kappa shape index (κ2) is 8.01. The first-order valence-corrected chi connectivity index (χ1v) is 9.62.